The zero-order valence-electron chi connectivity index (χ0n) is 14.0. The fraction of sp³-hybridized carbons (Fsp3) is 0.222. The standard InChI is InChI=1S/C18H19NO4S2/c1-14-8-9-18(12-15(14)2)25(22,23)19(16-6-4-3-5-7-16)17-10-11-24(20,21)13-17/h3-12,17H,13H2,1-2H3/t17-/m1/s1. The SMILES string of the molecule is Cc1ccc(S(=O)(=O)N(c2ccccc2)[C@@H]2C=CS(=O)(=O)C2)cc1C. The van der Waals surface area contributed by atoms with Crippen LogP contribution < -0.4 is 4.31 Å². The Bertz CT molecular complexity index is 1030. The van der Waals surface area contributed by atoms with Crippen LogP contribution in [0.25, 0.3) is 0 Å². The fourth-order valence-electron chi connectivity index (χ4n) is 2.78. The van der Waals surface area contributed by atoms with E-state index in [-0.39, 0.29) is 10.6 Å². The highest BCUT2D eigenvalue weighted by Gasteiger charge is 2.35. The Hall–Kier alpha value is -2.12. The normalized spacial score (nSPS) is 19.0. The number of anilines is 1. The van der Waals surface area contributed by atoms with Crippen LogP contribution in [0.1, 0.15) is 11.1 Å². The predicted octanol–water partition coefficient (Wildman–Crippen LogP) is 2.81. The number of para-hydroxylation sites is 1. The number of hydrogen-bond acceptors (Lipinski definition) is 4. The number of sulfonamides is 1. The number of nitrogens with zero attached hydrogens (tertiary/aromatic N) is 1. The second-order valence-electron chi connectivity index (χ2n) is 6.11. The van der Waals surface area contributed by atoms with E-state index in [2.05, 4.69) is 0 Å². The summed E-state index contributed by atoms with van der Waals surface area (Å²) in [6.45, 7) is 3.76. The van der Waals surface area contributed by atoms with Crippen molar-refractivity contribution in [1.82, 2.24) is 0 Å². The van der Waals surface area contributed by atoms with Crippen LogP contribution >= 0.6 is 0 Å². The third-order valence-electron chi connectivity index (χ3n) is 4.26. The van der Waals surface area contributed by atoms with Crippen LogP contribution in [-0.4, -0.2) is 28.6 Å². The molecule has 2 aromatic rings. The maximum atomic E-state index is 13.3. The van der Waals surface area contributed by atoms with Crippen LogP contribution in [0, 0.1) is 13.8 Å². The molecule has 3 rings (SSSR count). The van der Waals surface area contributed by atoms with Gasteiger partial charge >= 0.3 is 0 Å². The van der Waals surface area contributed by atoms with Crippen molar-refractivity contribution in [1.29, 1.82) is 0 Å². The number of rotatable bonds is 4. The molecule has 25 heavy (non-hydrogen) atoms. The Morgan fingerprint density at radius 2 is 1.68 bits per heavy atom. The minimum absolute atomic E-state index is 0.150. The van der Waals surface area contributed by atoms with Gasteiger partial charge in [-0.2, -0.15) is 0 Å². The summed E-state index contributed by atoms with van der Waals surface area (Å²) in [6, 6.07) is 12.7. The molecule has 0 unspecified atom stereocenters. The van der Waals surface area contributed by atoms with Gasteiger partial charge in [-0.15, -0.1) is 0 Å². The zero-order valence-corrected chi connectivity index (χ0v) is 15.6. The molecule has 1 aliphatic heterocycles. The van der Waals surface area contributed by atoms with Crippen LogP contribution in [-0.2, 0) is 19.9 Å². The van der Waals surface area contributed by atoms with Crippen molar-refractivity contribution in [2.24, 2.45) is 0 Å². The second kappa shape index (κ2) is 6.31. The van der Waals surface area contributed by atoms with E-state index in [0.717, 1.165) is 16.5 Å². The lowest BCUT2D eigenvalue weighted by Gasteiger charge is -2.29. The molecule has 1 heterocycles. The van der Waals surface area contributed by atoms with Crippen LogP contribution in [0.15, 0.2) is 64.9 Å². The molecule has 2 aromatic carbocycles. The van der Waals surface area contributed by atoms with Crippen LogP contribution in [0.2, 0.25) is 0 Å². The molecule has 0 fully saturated rings. The van der Waals surface area contributed by atoms with Gasteiger partial charge in [0.15, 0.2) is 9.84 Å². The Morgan fingerprint density at radius 1 is 1.00 bits per heavy atom. The third kappa shape index (κ3) is 3.48. The largest absolute Gasteiger partial charge is 0.264 e. The fourth-order valence-corrected chi connectivity index (χ4v) is 5.83. The number of sulfone groups is 1. The molecule has 1 atom stereocenters. The molecule has 5 nitrogen and oxygen atoms in total. The monoisotopic (exact) mass is 377 g/mol. The molecule has 0 radical (unpaired) electrons. The van der Waals surface area contributed by atoms with Gasteiger partial charge in [-0.3, -0.25) is 4.31 Å². The average Bonchev–Trinajstić information content (AvgIpc) is 2.90. The number of benzene rings is 2. The molecule has 0 amide bonds. The first-order chi connectivity index (χ1) is 11.7. The van der Waals surface area contributed by atoms with E-state index >= 15 is 0 Å². The summed E-state index contributed by atoms with van der Waals surface area (Å²) < 4.78 is 51.4. The van der Waals surface area contributed by atoms with Gasteiger partial charge < -0.3 is 0 Å². The van der Waals surface area contributed by atoms with E-state index in [1.54, 1.807) is 48.5 Å². The van der Waals surface area contributed by atoms with Gasteiger partial charge in [0, 0.05) is 5.41 Å². The molecule has 7 heteroatoms. The summed E-state index contributed by atoms with van der Waals surface area (Å²) in [5, 5.41) is 1.09. The molecule has 0 spiro atoms. The van der Waals surface area contributed by atoms with Gasteiger partial charge in [-0.25, -0.2) is 16.8 Å². The molecular weight excluding hydrogens is 358 g/mol. The molecule has 0 aliphatic carbocycles. The highest BCUT2D eigenvalue weighted by molar-refractivity contribution is 7.95. The zero-order chi connectivity index (χ0) is 18.2. The number of hydrogen-bond donors (Lipinski definition) is 0. The van der Waals surface area contributed by atoms with E-state index in [9.17, 15) is 16.8 Å². The molecule has 1 aliphatic rings. The van der Waals surface area contributed by atoms with Crippen LogP contribution in [0.4, 0.5) is 5.69 Å². The highest BCUT2D eigenvalue weighted by Crippen LogP contribution is 2.30. The van der Waals surface area contributed by atoms with Crippen molar-refractivity contribution in [3.05, 3.63) is 71.1 Å². The smallest absolute Gasteiger partial charge is 0.258 e. The van der Waals surface area contributed by atoms with Crippen molar-refractivity contribution in [3.8, 4) is 0 Å². The maximum Gasteiger partial charge on any atom is 0.264 e. The molecule has 132 valence electrons. The minimum Gasteiger partial charge on any atom is -0.258 e. The lowest BCUT2D eigenvalue weighted by molar-refractivity contribution is 0.586. The van der Waals surface area contributed by atoms with Crippen LogP contribution in [0.3, 0.4) is 0 Å². The Kier molecular flexibility index (Phi) is 4.47. The molecule has 0 aromatic heterocycles. The minimum atomic E-state index is -3.91. The van der Waals surface area contributed by atoms with Crippen molar-refractivity contribution in [3.63, 3.8) is 0 Å². The van der Waals surface area contributed by atoms with E-state index in [1.165, 1.54) is 10.4 Å². The Balaban J connectivity index is 2.14. The third-order valence-corrected chi connectivity index (χ3v) is 7.49. The maximum absolute atomic E-state index is 13.3. The van der Waals surface area contributed by atoms with Crippen molar-refractivity contribution in [2.75, 3.05) is 10.1 Å². The molecule has 0 N–H and O–H groups in total. The number of aryl methyl sites for hydroxylation is 2. The lowest BCUT2D eigenvalue weighted by Crippen LogP contribution is -2.41. The van der Waals surface area contributed by atoms with Crippen molar-refractivity contribution in [2.45, 2.75) is 24.8 Å². The first kappa shape index (κ1) is 17.7. The van der Waals surface area contributed by atoms with Gasteiger partial charge in [0.25, 0.3) is 10.0 Å². The first-order valence-electron chi connectivity index (χ1n) is 7.78. The van der Waals surface area contributed by atoms with E-state index in [4.69, 9.17) is 0 Å². The molecule has 0 saturated heterocycles. The summed E-state index contributed by atoms with van der Waals surface area (Å²) in [4.78, 5) is 0.150. The van der Waals surface area contributed by atoms with Gasteiger partial charge in [0.1, 0.15) is 0 Å². The molecule has 0 bridgehead atoms. The first-order valence-corrected chi connectivity index (χ1v) is 10.9. The highest BCUT2D eigenvalue weighted by atomic mass is 32.2. The Morgan fingerprint density at radius 3 is 2.24 bits per heavy atom. The average molecular weight is 377 g/mol. The van der Waals surface area contributed by atoms with Gasteiger partial charge in [0.05, 0.1) is 22.4 Å². The summed E-state index contributed by atoms with van der Waals surface area (Å²) in [5.41, 5.74) is 2.30. The van der Waals surface area contributed by atoms with Crippen molar-refractivity contribution < 1.29 is 16.8 Å². The van der Waals surface area contributed by atoms with E-state index in [1.807, 2.05) is 13.8 Å². The van der Waals surface area contributed by atoms with Gasteiger partial charge in [-0.05, 0) is 55.3 Å². The lowest BCUT2D eigenvalue weighted by atomic mass is 10.1. The molecule has 0 saturated carbocycles. The summed E-state index contributed by atoms with van der Waals surface area (Å²) in [7, 11) is -7.30. The van der Waals surface area contributed by atoms with Gasteiger partial charge in [0.2, 0.25) is 0 Å². The van der Waals surface area contributed by atoms with Crippen LogP contribution in [0.5, 0.6) is 0 Å². The molecular formula is C18H19NO4S2. The van der Waals surface area contributed by atoms with Crippen molar-refractivity contribution >= 4 is 25.5 Å². The Labute approximate surface area is 148 Å². The second-order valence-corrected chi connectivity index (χ2v) is 9.85. The topological polar surface area (TPSA) is 71.5 Å². The van der Waals surface area contributed by atoms with E-state index < -0.39 is 25.9 Å². The summed E-state index contributed by atoms with van der Waals surface area (Å²) in [5.74, 6) is -0.258. The summed E-state index contributed by atoms with van der Waals surface area (Å²) in [6.07, 6.45) is 1.43. The predicted molar refractivity (Wildman–Crippen MR) is 98.7 cm³/mol. The van der Waals surface area contributed by atoms with E-state index in [0.29, 0.717) is 5.69 Å². The quantitative estimate of drug-likeness (QED) is 0.821. The van der Waals surface area contributed by atoms with Gasteiger partial charge in [-0.1, -0.05) is 24.3 Å². The summed E-state index contributed by atoms with van der Waals surface area (Å²) >= 11 is 0.